The summed E-state index contributed by atoms with van der Waals surface area (Å²) in [7, 11) is 1.81. The van der Waals surface area contributed by atoms with Gasteiger partial charge < -0.3 is 19.2 Å². The van der Waals surface area contributed by atoms with E-state index in [0.717, 1.165) is 13.0 Å². The Morgan fingerprint density at radius 1 is 1.26 bits per heavy atom. The van der Waals surface area contributed by atoms with Crippen molar-refractivity contribution in [1.29, 1.82) is 0 Å². The van der Waals surface area contributed by atoms with Gasteiger partial charge in [-0.1, -0.05) is 6.92 Å². The Morgan fingerprint density at radius 2 is 1.83 bits per heavy atom. The van der Waals surface area contributed by atoms with Gasteiger partial charge in [0.1, 0.15) is 18.3 Å². The van der Waals surface area contributed by atoms with E-state index in [0.29, 0.717) is 18.3 Å². The largest absolute Gasteiger partial charge is 0.466 e. The lowest BCUT2D eigenvalue weighted by Crippen LogP contribution is -2.35. The number of hydrogen-bond donors (Lipinski definition) is 0. The van der Waals surface area contributed by atoms with Gasteiger partial charge in [-0.2, -0.15) is 0 Å². The fourth-order valence-corrected chi connectivity index (χ4v) is 1.62. The fourth-order valence-electron chi connectivity index (χ4n) is 1.62. The predicted molar refractivity (Wildman–Crippen MR) is 88.1 cm³/mol. The summed E-state index contributed by atoms with van der Waals surface area (Å²) in [5.74, 6) is -0.456. The van der Waals surface area contributed by atoms with Crippen molar-refractivity contribution in [2.75, 3.05) is 20.2 Å². The molecule has 0 saturated heterocycles. The maximum atomic E-state index is 11.6. The van der Waals surface area contributed by atoms with E-state index in [-0.39, 0.29) is 12.5 Å². The molecule has 1 amide bonds. The van der Waals surface area contributed by atoms with Crippen LogP contribution in [0.2, 0.25) is 0 Å². The zero-order valence-corrected chi connectivity index (χ0v) is 15.3. The van der Waals surface area contributed by atoms with Crippen molar-refractivity contribution >= 4 is 18.3 Å². The van der Waals surface area contributed by atoms with E-state index in [1.54, 1.807) is 18.9 Å². The summed E-state index contributed by atoms with van der Waals surface area (Å²) >= 11 is 0. The molecule has 0 atom stereocenters. The summed E-state index contributed by atoms with van der Waals surface area (Å²) in [5, 5.41) is 0. The van der Waals surface area contributed by atoms with Gasteiger partial charge in [0.25, 0.3) is 0 Å². The number of carbonyl (C=O) groups is 3. The zero-order valence-electron chi connectivity index (χ0n) is 15.3. The molecule has 23 heavy (non-hydrogen) atoms. The van der Waals surface area contributed by atoms with Crippen LogP contribution in [0.15, 0.2) is 0 Å². The first-order valence-electron chi connectivity index (χ1n) is 8.06. The Bertz CT molecular complexity index is 396. The quantitative estimate of drug-likeness (QED) is 0.425. The molecule has 0 aromatic heterocycles. The third-order valence-corrected chi connectivity index (χ3v) is 3.41. The Labute approximate surface area is 139 Å². The summed E-state index contributed by atoms with van der Waals surface area (Å²) in [4.78, 5) is 33.1. The van der Waals surface area contributed by atoms with Gasteiger partial charge in [-0.3, -0.25) is 4.79 Å². The highest BCUT2D eigenvalue weighted by Crippen LogP contribution is 2.48. The maximum absolute atomic E-state index is 11.6. The molecule has 1 fully saturated rings. The van der Waals surface area contributed by atoms with E-state index in [1.807, 2.05) is 20.8 Å². The minimum atomic E-state index is -0.456. The van der Waals surface area contributed by atoms with Crippen molar-refractivity contribution in [2.24, 2.45) is 5.41 Å². The highest BCUT2D eigenvalue weighted by Gasteiger charge is 2.37. The van der Waals surface area contributed by atoms with Crippen molar-refractivity contribution in [2.45, 2.75) is 65.9 Å². The molecule has 6 nitrogen and oxygen atoms in total. The van der Waals surface area contributed by atoms with Crippen molar-refractivity contribution in [3.8, 4) is 0 Å². The average molecular weight is 329 g/mol. The molecular formula is C17H31NO5. The molecule has 0 aromatic carbocycles. The van der Waals surface area contributed by atoms with Crippen LogP contribution in [0.1, 0.15) is 60.3 Å². The van der Waals surface area contributed by atoms with Gasteiger partial charge in [0.05, 0.1) is 6.61 Å². The second kappa shape index (κ2) is 9.53. The monoisotopic (exact) mass is 329 g/mol. The number of hydrogen-bond acceptors (Lipinski definition) is 5. The van der Waals surface area contributed by atoms with Gasteiger partial charge in [-0.05, 0) is 52.4 Å². The van der Waals surface area contributed by atoms with Crippen LogP contribution in [0.4, 0.5) is 4.79 Å². The number of nitrogens with zero attached hydrogens (tertiary/aromatic N) is 1. The first kappa shape index (κ1) is 21.4. The van der Waals surface area contributed by atoms with Crippen molar-refractivity contribution in [3.63, 3.8) is 0 Å². The van der Waals surface area contributed by atoms with E-state index < -0.39 is 11.6 Å². The SMILES string of the molecule is CCOC(=O)CC=O.CN(CCC1(C)CC1)C(=O)OC(C)(C)C. The Balaban J connectivity index is 0.000000515. The number of carbonyl (C=O) groups excluding carboxylic acids is 3. The van der Waals surface area contributed by atoms with E-state index in [2.05, 4.69) is 11.7 Å². The van der Waals surface area contributed by atoms with E-state index in [1.165, 1.54) is 12.8 Å². The lowest BCUT2D eigenvalue weighted by Gasteiger charge is -2.25. The van der Waals surface area contributed by atoms with Crippen LogP contribution in [-0.2, 0) is 19.1 Å². The topological polar surface area (TPSA) is 72.9 Å². The summed E-state index contributed by atoms with van der Waals surface area (Å²) in [6, 6.07) is 0. The third-order valence-electron chi connectivity index (χ3n) is 3.41. The van der Waals surface area contributed by atoms with Gasteiger partial charge in [0, 0.05) is 13.6 Å². The normalized spacial score (nSPS) is 14.9. The zero-order chi connectivity index (χ0) is 18.1. The molecule has 6 heteroatoms. The number of aldehydes is 1. The van der Waals surface area contributed by atoms with Gasteiger partial charge in [0.2, 0.25) is 0 Å². The molecule has 0 heterocycles. The minimum Gasteiger partial charge on any atom is -0.466 e. The van der Waals surface area contributed by atoms with Crippen molar-refractivity contribution in [1.82, 2.24) is 4.90 Å². The smallest absolute Gasteiger partial charge is 0.410 e. The van der Waals surface area contributed by atoms with Crippen LogP contribution in [-0.4, -0.2) is 49.0 Å². The van der Waals surface area contributed by atoms with Crippen LogP contribution in [0, 0.1) is 5.41 Å². The second-order valence-electron chi connectivity index (χ2n) is 7.14. The van der Waals surface area contributed by atoms with E-state index in [4.69, 9.17) is 4.74 Å². The third kappa shape index (κ3) is 11.6. The van der Waals surface area contributed by atoms with Crippen molar-refractivity contribution in [3.05, 3.63) is 0 Å². The Kier molecular flexibility index (Phi) is 8.87. The summed E-state index contributed by atoms with van der Waals surface area (Å²) in [5.41, 5.74) is 0.102. The lowest BCUT2D eigenvalue weighted by atomic mass is 10.1. The molecule has 0 aliphatic heterocycles. The van der Waals surface area contributed by atoms with Gasteiger partial charge >= 0.3 is 12.1 Å². The van der Waals surface area contributed by atoms with E-state index in [9.17, 15) is 14.4 Å². The molecule has 134 valence electrons. The summed E-state index contributed by atoms with van der Waals surface area (Å²) in [6.07, 6.45) is 3.87. The molecule has 0 unspecified atom stereocenters. The maximum Gasteiger partial charge on any atom is 0.410 e. The Hall–Kier alpha value is -1.59. The van der Waals surface area contributed by atoms with Gasteiger partial charge in [-0.15, -0.1) is 0 Å². The molecule has 1 saturated carbocycles. The average Bonchev–Trinajstić information content (AvgIpc) is 3.14. The molecule has 1 aliphatic rings. The molecule has 0 radical (unpaired) electrons. The van der Waals surface area contributed by atoms with Crippen LogP contribution in [0.3, 0.4) is 0 Å². The number of rotatable bonds is 6. The van der Waals surface area contributed by atoms with Crippen LogP contribution in [0.25, 0.3) is 0 Å². The number of esters is 1. The lowest BCUT2D eigenvalue weighted by molar-refractivity contribution is -0.143. The molecular weight excluding hydrogens is 298 g/mol. The molecule has 1 aliphatic carbocycles. The van der Waals surface area contributed by atoms with Crippen LogP contribution >= 0.6 is 0 Å². The molecule has 0 bridgehead atoms. The molecule has 0 N–H and O–H groups in total. The molecule has 0 aromatic rings. The fraction of sp³-hybridized carbons (Fsp3) is 0.824. The summed E-state index contributed by atoms with van der Waals surface area (Å²) < 4.78 is 9.68. The van der Waals surface area contributed by atoms with Gasteiger partial charge in [0.15, 0.2) is 0 Å². The Morgan fingerprint density at radius 3 is 2.22 bits per heavy atom. The first-order chi connectivity index (χ1) is 10.5. The molecule has 1 rings (SSSR count). The number of ether oxygens (including phenoxy) is 2. The highest BCUT2D eigenvalue weighted by atomic mass is 16.6. The van der Waals surface area contributed by atoms with Crippen molar-refractivity contribution < 1.29 is 23.9 Å². The van der Waals surface area contributed by atoms with Crippen LogP contribution < -0.4 is 0 Å². The standard InChI is InChI=1S/C12H23NO2.C5H8O3/c1-11(2,3)15-10(14)13(5)9-8-12(4)6-7-12;1-2-8-5(7)3-4-6/h6-9H2,1-5H3;4H,2-3H2,1H3. The number of amides is 1. The van der Waals surface area contributed by atoms with Crippen LogP contribution in [0.5, 0.6) is 0 Å². The predicted octanol–water partition coefficient (Wildman–Crippen LogP) is 3.18. The van der Waals surface area contributed by atoms with E-state index >= 15 is 0 Å². The summed E-state index contributed by atoms with van der Waals surface area (Å²) in [6.45, 7) is 10.8. The minimum absolute atomic E-state index is 0.131. The molecule has 0 spiro atoms. The van der Waals surface area contributed by atoms with Gasteiger partial charge in [-0.25, -0.2) is 4.79 Å². The second-order valence-corrected chi connectivity index (χ2v) is 7.14. The first-order valence-corrected chi connectivity index (χ1v) is 8.06. The highest BCUT2D eigenvalue weighted by molar-refractivity contribution is 5.83.